The second-order valence-corrected chi connectivity index (χ2v) is 8.69. The lowest BCUT2D eigenvalue weighted by molar-refractivity contribution is 0.0993. The molecule has 0 spiro atoms. The highest BCUT2D eigenvalue weighted by molar-refractivity contribution is 7.88. The van der Waals surface area contributed by atoms with Crippen LogP contribution in [0.3, 0.4) is 0 Å². The molecule has 1 atom stereocenters. The van der Waals surface area contributed by atoms with E-state index in [1.54, 1.807) is 6.07 Å². The van der Waals surface area contributed by atoms with Gasteiger partial charge >= 0.3 is 0 Å². The molecule has 27 heavy (non-hydrogen) atoms. The minimum atomic E-state index is -3.43. The van der Waals surface area contributed by atoms with Crippen molar-refractivity contribution in [3.63, 3.8) is 0 Å². The number of primary amides is 1. The average molecular weight is 389 g/mol. The predicted molar refractivity (Wildman–Crippen MR) is 102 cm³/mol. The number of nitrogens with zero attached hydrogens (tertiary/aromatic N) is 2. The van der Waals surface area contributed by atoms with E-state index in [1.165, 1.54) is 16.6 Å². The van der Waals surface area contributed by atoms with Crippen LogP contribution in [0.25, 0.3) is 0 Å². The summed E-state index contributed by atoms with van der Waals surface area (Å²) in [7, 11) is -3.43. The highest BCUT2D eigenvalue weighted by Crippen LogP contribution is 2.22. The predicted octanol–water partition coefficient (Wildman–Crippen LogP) is 1.86. The molecule has 1 aliphatic rings. The summed E-state index contributed by atoms with van der Waals surface area (Å²) in [5.74, 6) is -0.200. The first-order chi connectivity index (χ1) is 12.8. The SMILES string of the molecule is Cc1ccc(CS(=O)(=O)N2CCCC(Oc3ccnc(C(N)=O)c3)C2)cc1. The summed E-state index contributed by atoms with van der Waals surface area (Å²) >= 11 is 0. The smallest absolute Gasteiger partial charge is 0.267 e. The molecular formula is C19H23N3O4S. The van der Waals surface area contributed by atoms with Crippen LogP contribution in [0.1, 0.15) is 34.5 Å². The van der Waals surface area contributed by atoms with Gasteiger partial charge in [0.1, 0.15) is 17.5 Å². The summed E-state index contributed by atoms with van der Waals surface area (Å²) in [5.41, 5.74) is 7.21. The number of carbonyl (C=O) groups excluding carboxylic acids is 1. The molecule has 1 aromatic heterocycles. The average Bonchev–Trinajstić information content (AvgIpc) is 2.64. The molecule has 2 aromatic rings. The molecule has 1 aromatic carbocycles. The van der Waals surface area contributed by atoms with E-state index in [1.807, 2.05) is 31.2 Å². The fourth-order valence-corrected chi connectivity index (χ4v) is 4.65. The summed E-state index contributed by atoms with van der Waals surface area (Å²) in [5, 5.41) is 0. The first kappa shape index (κ1) is 19.3. The van der Waals surface area contributed by atoms with Gasteiger partial charge in [-0.15, -0.1) is 0 Å². The third kappa shape index (κ3) is 5.05. The summed E-state index contributed by atoms with van der Waals surface area (Å²) < 4.78 is 32.9. The summed E-state index contributed by atoms with van der Waals surface area (Å²) in [4.78, 5) is 15.1. The van der Waals surface area contributed by atoms with Crippen molar-refractivity contribution in [3.05, 3.63) is 59.4 Å². The molecule has 144 valence electrons. The van der Waals surface area contributed by atoms with Gasteiger partial charge in [-0.2, -0.15) is 4.31 Å². The molecule has 1 saturated heterocycles. The number of ether oxygens (including phenoxy) is 1. The number of nitrogens with two attached hydrogens (primary N) is 1. The van der Waals surface area contributed by atoms with Crippen molar-refractivity contribution in [2.24, 2.45) is 5.73 Å². The lowest BCUT2D eigenvalue weighted by atomic mass is 10.1. The number of pyridine rings is 1. The van der Waals surface area contributed by atoms with Crippen LogP contribution in [0.4, 0.5) is 0 Å². The van der Waals surface area contributed by atoms with Crippen molar-refractivity contribution in [1.29, 1.82) is 0 Å². The molecule has 2 heterocycles. The number of rotatable bonds is 6. The number of amides is 1. The Bertz CT molecular complexity index is 913. The molecule has 0 bridgehead atoms. The Morgan fingerprint density at radius 2 is 2.04 bits per heavy atom. The Labute approximate surface area is 159 Å². The molecule has 8 heteroatoms. The zero-order valence-electron chi connectivity index (χ0n) is 15.2. The van der Waals surface area contributed by atoms with Gasteiger partial charge in [0, 0.05) is 18.8 Å². The zero-order valence-corrected chi connectivity index (χ0v) is 16.0. The van der Waals surface area contributed by atoms with Crippen LogP contribution in [-0.2, 0) is 15.8 Å². The number of hydrogen-bond donors (Lipinski definition) is 1. The van der Waals surface area contributed by atoms with Crippen LogP contribution in [0.15, 0.2) is 42.6 Å². The maximum absolute atomic E-state index is 12.8. The minimum absolute atomic E-state index is 0.0267. The number of sulfonamides is 1. The van der Waals surface area contributed by atoms with Crippen molar-refractivity contribution in [2.45, 2.75) is 31.6 Å². The maximum Gasteiger partial charge on any atom is 0.267 e. The Morgan fingerprint density at radius 1 is 1.30 bits per heavy atom. The standard InChI is InChI=1S/C19H23N3O4S/c1-14-4-6-15(7-5-14)13-27(24,25)22-10-2-3-17(12-22)26-16-8-9-21-18(11-16)19(20)23/h4-9,11,17H,2-3,10,12-13H2,1H3,(H2,20,23). The quantitative estimate of drug-likeness (QED) is 0.812. The van der Waals surface area contributed by atoms with E-state index in [4.69, 9.17) is 10.5 Å². The summed E-state index contributed by atoms with van der Waals surface area (Å²) in [6.45, 7) is 2.73. The Morgan fingerprint density at radius 3 is 2.74 bits per heavy atom. The van der Waals surface area contributed by atoms with Gasteiger partial charge in [-0.05, 0) is 31.4 Å². The van der Waals surface area contributed by atoms with Gasteiger partial charge in [0.15, 0.2) is 0 Å². The van der Waals surface area contributed by atoms with Gasteiger partial charge in [-0.1, -0.05) is 29.8 Å². The van der Waals surface area contributed by atoms with Crippen LogP contribution in [0.5, 0.6) is 5.75 Å². The molecule has 2 N–H and O–H groups in total. The lowest BCUT2D eigenvalue weighted by Crippen LogP contribution is -2.44. The maximum atomic E-state index is 12.8. The first-order valence-electron chi connectivity index (χ1n) is 8.79. The van der Waals surface area contributed by atoms with Gasteiger partial charge < -0.3 is 10.5 Å². The van der Waals surface area contributed by atoms with E-state index in [2.05, 4.69) is 4.98 Å². The number of aryl methyl sites for hydroxylation is 1. The van der Waals surface area contributed by atoms with Gasteiger partial charge in [0.2, 0.25) is 10.0 Å². The summed E-state index contributed by atoms with van der Waals surface area (Å²) in [6, 6.07) is 10.6. The van der Waals surface area contributed by atoms with E-state index >= 15 is 0 Å². The molecule has 0 aliphatic carbocycles. The Kier molecular flexibility index (Phi) is 5.76. The molecule has 0 saturated carbocycles. The monoisotopic (exact) mass is 389 g/mol. The second-order valence-electron chi connectivity index (χ2n) is 6.72. The van der Waals surface area contributed by atoms with Gasteiger partial charge in [0.25, 0.3) is 5.91 Å². The third-order valence-electron chi connectivity index (χ3n) is 4.49. The van der Waals surface area contributed by atoms with Gasteiger partial charge in [-0.25, -0.2) is 8.42 Å². The Balaban J connectivity index is 1.67. The van der Waals surface area contributed by atoms with Crippen molar-refractivity contribution in [2.75, 3.05) is 13.1 Å². The number of aromatic nitrogens is 1. The Hall–Kier alpha value is -2.45. The third-order valence-corrected chi connectivity index (χ3v) is 6.31. The number of hydrogen-bond acceptors (Lipinski definition) is 5. The van der Waals surface area contributed by atoms with Crippen molar-refractivity contribution in [1.82, 2.24) is 9.29 Å². The van der Waals surface area contributed by atoms with Crippen LogP contribution in [0.2, 0.25) is 0 Å². The first-order valence-corrected chi connectivity index (χ1v) is 10.4. The largest absolute Gasteiger partial charge is 0.489 e. The lowest BCUT2D eigenvalue weighted by Gasteiger charge is -2.32. The van der Waals surface area contributed by atoms with Crippen molar-refractivity contribution in [3.8, 4) is 5.75 Å². The van der Waals surface area contributed by atoms with Crippen molar-refractivity contribution < 1.29 is 17.9 Å². The van der Waals surface area contributed by atoms with Crippen LogP contribution < -0.4 is 10.5 Å². The fourth-order valence-electron chi connectivity index (χ4n) is 3.05. The van der Waals surface area contributed by atoms with Gasteiger partial charge in [0.05, 0.1) is 12.3 Å². The highest BCUT2D eigenvalue weighted by Gasteiger charge is 2.30. The fraction of sp³-hybridized carbons (Fsp3) is 0.368. The molecule has 3 rings (SSSR count). The molecule has 1 unspecified atom stereocenters. The minimum Gasteiger partial charge on any atom is -0.489 e. The van der Waals surface area contributed by atoms with Crippen LogP contribution in [0, 0.1) is 6.92 Å². The molecule has 0 radical (unpaired) electrons. The molecule has 7 nitrogen and oxygen atoms in total. The van der Waals surface area contributed by atoms with E-state index in [0.717, 1.165) is 17.5 Å². The van der Waals surface area contributed by atoms with E-state index in [-0.39, 0.29) is 24.1 Å². The zero-order chi connectivity index (χ0) is 19.4. The van der Waals surface area contributed by atoms with Crippen molar-refractivity contribution >= 4 is 15.9 Å². The molecule has 1 aliphatic heterocycles. The molecule has 1 amide bonds. The van der Waals surface area contributed by atoms with E-state index < -0.39 is 15.9 Å². The number of benzene rings is 1. The van der Waals surface area contributed by atoms with Gasteiger partial charge in [-0.3, -0.25) is 9.78 Å². The normalized spacial score (nSPS) is 18.2. The molecular weight excluding hydrogens is 366 g/mol. The highest BCUT2D eigenvalue weighted by atomic mass is 32.2. The number of carbonyl (C=O) groups is 1. The topological polar surface area (TPSA) is 103 Å². The summed E-state index contributed by atoms with van der Waals surface area (Å²) in [6.07, 6.45) is 2.62. The van der Waals surface area contributed by atoms with E-state index in [9.17, 15) is 13.2 Å². The molecule has 1 fully saturated rings. The number of piperidine rings is 1. The second kappa shape index (κ2) is 8.06. The van der Waals surface area contributed by atoms with Crippen LogP contribution >= 0.6 is 0 Å². The van der Waals surface area contributed by atoms with E-state index in [0.29, 0.717) is 18.7 Å². The van der Waals surface area contributed by atoms with Crippen LogP contribution in [-0.4, -0.2) is 42.8 Å².